The van der Waals surface area contributed by atoms with E-state index in [2.05, 4.69) is 10.1 Å². The molecule has 0 bridgehead atoms. The fourth-order valence-corrected chi connectivity index (χ4v) is 0.540. The molecule has 4 nitrogen and oxygen atoms in total. The topological polar surface area (TPSA) is 48.2 Å². The first kappa shape index (κ1) is 5.81. The van der Waals surface area contributed by atoms with Crippen molar-refractivity contribution in [1.29, 1.82) is 0 Å². The van der Waals surface area contributed by atoms with Crippen LogP contribution in [-0.2, 0) is 0 Å². The van der Waals surface area contributed by atoms with Crippen molar-refractivity contribution in [3.63, 3.8) is 0 Å². The van der Waals surface area contributed by atoms with Crippen LogP contribution in [0.1, 0.15) is 0 Å². The summed E-state index contributed by atoms with van der Waals surface area (Å²) in [6.45, 7) is 0.528. The fraction of sp³-hybridized carbons (Fsp3) is 0.200. The quantitative estimate of drug-likeness (QED) is 0.236. The molecule has 0 atom stereocenters. The molecule has 0 saturated carbocycles. The van der Waals surface area contributed by atoms with Crippen molar-refractivity contribution in [3.8, 4) is 0 Å². The van der Waals surface area contributed by atoms with Gasteiger partial charge in [0.25, 0.3) is 0 Å². The molecule has 1 aliphatic rings. The standard InChI is InChI=1S/C5H7N3O/c9-7-5-8-3-1-2-6-4-8/h1-3,5,9H,4H2/b7-5+. The van der Waals surface area contributed by atoms with Crippen LogP contribution < -0.4 is 0 Å². The lowest BCUT2D eigenvalue weighted by molar-refractivity contribution is 0.313. The summed E-state index contributed by atoms with van der Waals surface area (Å²) in [5.41, 5.74) is 0. The van der Waals surface area contributed by atoms with Crippen LogP contribution >= 0.6 is 0 Å². The van der Waals surface area contributed by atoms with Crippen molar-refractivity contribution in [2.45, 2.75) is 0 Å². The maximum Gasteiger partial charge on any atom is 0.136 e. The minimum Gasteiger partial charge on any atom is -0.410 e. The van der Waals surface area contributed by atoms with Crippen molar-refractivity contribution in [2.75, 3.05) is 6.67 Å². The second-order valence-corrected chi connectivity index (χ2v) is 1.56. The molecule has 9 heavy (non-hydrogen) atoms. The predicted molar refractivity (Wildman–Crippen MR) is 34.6 cm³/mol. The van der Waals surface area contributed by atoms with Crippen molar-refractivity contribution in [2.24, 2.45) is 10.1 Å². The Bertz CT molecular complexity index is 162. The zero-order valence-corrected chi connectivity index (χ0v) is 4.81. The summed E-state index contributed by atoms with van der Waals surface area (Å²) in [4.78, 5) is 5.54. The highest BCUT2D eigenvalue weighted by molar-refractivity contribution is 5.73. The molecule has 48 valence electrons. The van der Waals surface area contributed by atoms with E-state index in [1.54, 1.807) is 23.4 Å². The van der Waals surface area contributed by atoms with Gasteiger partial charge in [0.1, 0.15) is 13.0 Å². The largest absolute Gasteiger partial charge is 0.410 e. The van der Waals surface area contributed by atoms with Crippen molar-refractivity contribution < 1.29 is 5.21 Å². The third-order valence-electron chi connectivity index (χ3n) is 0.914. The summed E-state index contributed by atoms with van der Waals surface area (Å²) in [7, 11) is 0. The molecule has 0 aromatic carbocycles. The number of oxime groups is 1. The van der Waals surface area contributed by atoms with E-state index >= 15 is 0 Å². The van der Waals surface area contributed by atoms with E-state index in [0.29, 0.717) is 6.67 Å². The lowest BCUT2D eigenvalue weighted by Crippen LogP contribution is -2.16. The minimum absolute atomic E-state index is 0.528. The molecule has 0 fully saturated rings. The maximum atomic E-state index is 8.06. The van der Waals surface area contributed by atoms with Gasteiger partial charge in [0, 0.05) is 12.4 Å². The normalized spacial score (nSPS) is 17.6. The van der Waals surface area contributed by atoms with Gasteiger partial charge in [-0.25, -0.2) is 0 Å². The summed E-state index contributed by atoms with van der Waals surface area (Å²) in [6, 6.07) is 0. The van der Waals surface area contributed by atoms with Crippen LogP contribution in [0.4, 0.5) is 0 Å². The smallest absolute Gasteiger partial charge is 0.136 e. The molecule has 1 rings (SSSR count). The third kappa shape index (κ3) is 1.56. The lowest BCUT2D eigenvalue weighted by Gasteiger charge is -2.11. The molecule has 0 aromatic heterocycles. The van der Waals surface area contributed by atoms with Gasteiger partial charge >= 0.3 is 0 Å². The second kappa shape index (κ2) is 2.86. The van der Waals surface area contributed by atoms with E-state index < -0.39 is 0 Å². The molecule has 0 saturated heterocycles. The Balaban J connectivity index is 2.46. The molecular formula is C5H7N3O. The maximum absolute atomic E-state index is 8.06. The van der Waals surface area contributed by atoms with Gasteiger partial charge in [-0.1, -0.05) is 5.16 Å². The first-order valence-electron chi connectivity index (χ1n) is 2.53. The number of nitrogens with zero attached hydrogens (tertiary/aromatic N) is 3. The Morgan fingerprint density at radius 2 is 2.67 bits per heavy atom. The predicted octanol–water partition coefficient (Wildman–Crippen LogP) is 0.262. The summed E-state index contributed by atoms with van der Waals surface area (Å²) < 4.78 is 0. The van der Waals surface area contributed by atoms with Gasteiger partial charge in [0.2, 0.25) is 0 Å². The van der Waals surface area contributed by atoms with Crippen LogP contribution in [0.15, 0.2) is 22.4 Å². The van der Waals surface area contributed by atoms with Crippen molar-refractivity contribution in [1.82, 2.24) is 4.90 Å². The monoisotopic (exact) mass is 125 g/mol. The van der Waals surface area contributed by atoms with E-state index in [4.69, 9.17) is 5.21 Å². The van der Waals surface area contributed by atoms with Gasteiger partial charge in [-0.3, -0.25) is 4.99 Å². The van der Waals surface area contributed by atoms with E-state index in [9.17, 15) is 0 Å². The number of hydrogen-bond acceptors (Lipinski definition) is 3. The van der Waals surface area contributed by atoms with Crippen LogP contribution in [0.2, 0.25) is 0 Å². The molecule has 0 amide bonds. The summed E-state index contributed by atoms with van der Waals surface area (Å²) in [5, 5.41) is 10.9. The number of aliphatic imine (C=N–C) groups is 1. The molecule has 1 heterocycles. The molecule has 0 unspecified atom stereocenters. The van der Waals surface area contributed by atoms with Gasteiger partial charge in [0.15, 0.2) is 0 Å². The highest BCUT2D eigenvalue weighted by Crippen LogP contribution is 1.89. The lowest BCUT2D eigenvalue weighted by atomic mass is 10.6. The first-order valence-corrected chi connectivity index (χ1v) is 2.53. The van der Waals surface area contributed by atoms with Crippen LogP contribution in [0.25, 0.3) is 0 Å². The second-order valence-electron chi connectivity index (χ2n) is 1.56. The Hall–Kier alpha value is -1.32. The summed E-state index contributed by atoms with van der Waals surface area (Å²) in [5.74, 6) is 0. The highest BCUT2D eigenvalue weighted by atomic mass is 16.4. The van der Waals surface area contributed by atoms with Crippen LogP contribution in [0.5, 0.6) is 0 Å². The van der Waals surface area contributed by atoms with Crippen molar-refractivity contribution in [3.05, 3.63) is 12.3 Å². The van der Waals surface area contributed by atoms with Gasteiger partial charge in [0.05, 0.1) is 0 Å². The molecule has 4 heteroatoms. The molecule has 0 radical (unpaired) electrons. The summed E-state index contributed by atoms with van der Waals surface area (Å²) in [6.07, 6.45) is 6.53. The van der Waals surface area contributed by atoms with Crippen LogP contribution in [0, 0.1) is 0 Å². The van der Waals surface area contributed by atoms with E-state index in [1.165, 1.54) is 6.34 Å². The average molecular weight is 125 g/mol. The molecule has 1 N–H and O–H groups in total. The van der Waals surface area contributed by atoms with E-state index in [0.717, 1.165) is 0 Å². The number of allylic oxidation sites excluding steroid dienone is 1. The Kier molecular flexibility index (Phi) is 1.85. The Morgan fingerprint density at radius 1 is 1.78 bits per heavy atom. The molecule has 0 aliphatic carbocycles. The number of rotatable bonds is 1. The van der Waals surface area contributed by atoms with E-state index in [1.807, 2.05) is 0 Å². The minimum atomic E-state index is 0.528. The average Bonchev–Trinajstić information content (AvgIpc) is 1.91. The fourth-order valence-electron chi connectivity index (χ4n) is 0.540. The Morgan fingerprint density at radius 3 is 3.22 bits per heavy atom. The van der Waals surface area contributed by atoms with Gasteiger partial charge in [-0.15, -0.1) is 0 Å². The van der Waals surface area contributed by atoms with Crippen LogP contribution in [0.3, 0.4) is 0 Å². The van der Waals surface area contributed by atoms with Crippen LogP contribution in [-0.4, -0.2) is 29.3 Å². The molecule has 1 aliphatic heterocycles. The molecule has 0 spiro atoms. The van der Waals surface area contributed by atoms with Gasteiger partial charge < -0.3 is 10.1 Å². The molecule has 0 aromatic rings. The highest BCUT2D eigenvalue weighted by Gasteiger charge is 1.93. The molecular weight excluding hydrogens is 118 g/mol. The zero-order valence-electron chi connectivity index (χ0n) is 4.81. The summed E-state index contributed by atoms with van der Waals surface area (Å²) >= 11 is 0. The van der Waals surface area contributed by atoms with Crippen molar-refractivity contribution >= 4 is 12.6 Å². The zero-order chi connectivity index (χ0) is 6.53. The Labute approximate surface area is 52.8 Å². The third-order valence-corrected chi connectivity index (χ3v) is 0.914. The number of hydrogen-bond donors (Lipinski definition) is 1. The van der Waals surface area contributed by atoms with Gasteiger partial charge in [-0.05, 0) is 6.08 Å². The SMILES string of the molecule is O/N=C/N1C=CC=NC1. The van der Waals surface area contributed by atoms with E-state index in [-0.39, 0.29) is 0 Å². The van der Waals surface area contributed by atoms with Gasteiger partial charge in [-0.2, -0.15) is 0 Å². The first-order chi connectivity index (χ1) is 4.43.